The molecular weight excluding hydrogens is 286 g/mol. The number of benzene rings is 1. The number of piperidine rings is 1. The second kappa shape index (κ2) is 5.85. The van der Waals surface area contributed by atoms with Gasteiger partial charge in [0.15, 0.2) is 0 Å². The lowest BCUT2D eigenvalue weighted by Gasteiger charge is -2.23. The Bertz CT molecular complexity index is 741. The molecule has 4 heteroatoms. The summed E-state index contributed by atoms with van der Waals surface area (Å²) in [6.07, 6.45) is 4.48. The maximum atomic E-state index is 6.02. The lowest BCUT2D eigenvalue weighted by molar-refractivity contribution is 0.306. The van der Waals surface area contributed by atoms with Crippen LogP contribution in [0.4, 0.5) is 0 Å². The molecule has 2 aliphatic heterocycles. The van der Waals surface area contributed by atoms with Crippen molar-refractivity contribution < 1.29 is 4.74 Å². The highest BCUT2D eigenvalue weighted by Gasteiger charge is 2.21. The molecule has 4 nitrogen and oxygen atoms in total. The Kier molecular flexibility index (Phi) is 3.69. The summed E-state index contributed by atoms with van der Waals surface area (Å²) < 4.78 is 8.20. The van der Waals surface area contributed by atoms with E-state index >= 15 is 0 Å². The summed E-state index contributed by atoms with van der Waals surface area (Å²) in [6, 6.07) is 6.66. The van der Waals surface area contributed by atoms with Crippen molar-refractivity contribution in [2.45, 2.75) is 32.2 Å². The van der Waals surface area contributed by atoms with Gasteiger partial charge in [-0.05, 0) is 62.0 Å². The summed E-state index contributed by atoms with van der Waals surface area (Å²) in [4.78, 5) is 4.77. The van der Waals surface area contributed by atoms with Crippen LogP contribution in [0.1, 0.15) is 36.9 Å². The highest BCUT2D eigenvalue weighted by atomic mass is 16.5. The van der Waals surface area contributed by atoms with Crippen LogP contribution in [0.15, 0.2) is 31.0 Å². The van der Waals surface area contributed by atoms with Crippen LogP contribution in [-0.4, -0.2) is 29.2 Å². The highest BCUT2D eigenvalue weighted by molar-refractivity contribution is 5.69. The van der Waals surface area contributed by atoms with Crippen molar-refractivity contribution in [1.29, 1.82) is 0 Å². The minimum atomic E-state index is 0.638. The Morgan fingerprint density at radius 3 is 2.96 bits per heavy atom. The predicted octanol–water partition coefficient (Wildman–Crippen LogP) is 3.44. The average Bonchev–Trinajstić information content (AvgIpc) is 2.93. The number of aromatic nitrogens is 2. The average molecular weight is 309 g/mol. The molecule has 2 aliphatic rings. The number of nitrogens with one attached hydrogen (secondary N) is 1. The first-order valence-corrected chi connectivity index (χ1v) is 8.43. The molecule has 0 radical (unpaired) electrons. The van der Waals surface area contributed by atoms with Gasteiger partial charge in [0, 0.05) is 6.20 Å². The molecule has 4 rings (SSSR count). The summed E-state index contributed by atoms with van der Waals surface area (Å²) in [7, 11) is 0. The Morgan fingerprint density at radius 2 is 2.17 bits per heavy atom. The van der Waals surface area contributed by atoms with Crippen molar-refractivity contribution in [2.75, 3.05) is 19.7 Å². The molecule has 1 N–H and O–H groups in total. The van der Waals surface area contributed by atoms with Crippen LogP contribution in [-0.2, 0) is 6.54 Å². The zero-order chi connectivity index (χ0) is 15.8. The molecule has 3 heterocycles. The molecule has 1 aromatic carbocycles. The third-order valence-electron chi connectivity index (χ3n) is 4.86. The summed E-state index contributed by atoms with van der Waals surface area (Å²) in [6.45, 7) is 9.73. The van der Waals surface area contributed by atoms with Gasteiger partial charge in [-0.1, -0.05) is 12.6 Å². The SMILES string of the molecule is C=C(C)c1cn2c(n1)-c1ccc(C3CCNCC3)cc1OCC2. The van der Waals surface area contributed by atoms with Crippen LogP contribution in [0.3, 0.4) is 0 Å². The molecular formula is C19H23N3O. The van der Waals surface area contributed by atoms with Crippen molar-refractivity contribution in [2.24, 2.45) is 0 Å². The van der Waals surface area contributed by atoms with Crippen molar-refractivity contribution >= 4 is 5.57 Å². The molecule has 120 valence electrons. The zero-order valence-corrected chi connectivity index (χ0v) is 13.6. The molecule has 0 saturated carbocycles. The summed E-state index contributed by atoms with van der Waals surface area (Å²) >= 11 is 0. The van der Waals surface area contributed by atoms with E-state index in [2.05, 4.69) is 40.9 Å². The van der Waals surface area contributed by atoms with E-state index in [9.17, 15) is 0 Å². The van der Waals surface area contributed by atoms with Crippen LogP contribution in [0.2, 0.25) is 0 Å². The van der Waals surface area contributed by atoms with Crippen molar-refractivity contribution in [3.63, 3.8) is 0 Å². The van der Waals surface area contributed by atoms with Crippen LogP contribution < -0.4 is 10.1 Å². The zero-order valence-electron chi connectivity index (χ0n) is 13.6. The van der Waals surface area contributed by atoms with Gasteiger partial charge in [-0.2, -0.15) is 0 Å². The number of hydrogen-bond donors (Lipinski definition) is 1. The fourth-order valence-electron chi connectivity index (χ4n) is 3.51. The van der Waals surface area contributed by atoms with Gasteiger partial charge in [0.1, 0.15) is 18.2 Å². The Balaban J connectivity index is 1.73. The van der Waals surface area contributed by atoms with Crippen LogP contribution >= 0.6 is 0 Å². The fourth-order valence-corrected chi connectivity index (χ4v) is 3.51. The molecule has 0 atom stereocenters. The number of imidazole rings is 1. The second-order valence-corrected chi connectivity index (χ2v) is 6.55. The first kappa shape index (κ1) is 14.5. The quantitative estimate of drug-likeness (QED) is 0.923. The molecule has 2 aromatic rings. The third-order valence-corrected chi connectivity index (χ3v) is 4.86. The maximum Gasteiger partial charge on any atom is 0.144 e. The maximum absolute atomic E-state index is 6.02. The van der Waals surface area contributed by atoms with Crippen LogP contribution in [0.25, 0.3) is 17.0 Å². The van der Waals surface area contributed by atoms with Crippen LogP contribution in [0, 0.1) is 0 Å². The molecule has 1 aromatic heterocycles. The molecule has 0 spiro atoms. The van der Waals surface area contributed by atoms with Gasteiger partial charge in [-0.3, -0.25) is 0 Å². The monoisotopic (exact) mass is 309 g/mol. The van der Waals surface area contributed by atoms with E-state index in [4.69, 9.17) is 9.72 Å². The lowest BCUT2D eigenvalue weighted by atomic mass is 9.89. The fraction of sp³-hybridized carbons (Fsp3) is 0.421. The highest BCUT2D eigenvalue weighted by Crippen LogP contribution is 2.36. The summed E-state index contributed by atoms with van der Waals surface area (Å²) in [5, 5.41) is 3.43. The van der Waals surface area contributed by atoms with E-state index in [-0.39, 0.29) is 0 Å². The minimum absolute atomic E-state index is 0.638. The van der Waals surface area contributed by atoms with E-state index < -0.39 is 0 Å². The number of rotatable bonds is 2. The third kappa shape index (κ3) is 2.68. The Labute approximate surface area is 137 Å². The van der Waals surface area contributed by atoms with E-state index in [1.54, 1.807) is 0 Å². The molecule has 0 amide bonds. The van der Waals surface area contributed by atoms with Gasteiger partial charge in [0.25, 0.3) is 0 Å². The largest absolute Gasteiger partial charge is 0.491 e. The van der Waals surface area contributed by atoms with Gasteiger partial charge in [-0.15, -0.1) is 0 Å². The van der Waals surface area contributed by atoms with Crippen molar-refractivity contribution in [3.05, 3.63) is 42.2 Å². The van der Waals surface area contributed by atoms with E-state index in [1.165, 1.54) is 18.4 Å². The van der Waals surface area contributed by atoms with Gasteiger partial charge >= 0.3 is 0 Å². The topological polar surface area (TPSA) is 39.1 Å². The van der Waals surface area contributed by atoms with E-state index in [0.29, 0.717) is 12.5 Å². The predicted molar refractivity (Wildman–Crippen MR) is 92.7 cm³/mol. The molecule has 1 fully saturated rings. The first-order chi connectivity index (χ1) is 11.2. The van der Waals surface area contributed by atoms with E-state index in [0.717, 1.165) is 48.0 Å². The van der Waals surface area contributed by atoms with Gasteiger partial charge in [-0.25, -0.2) is 4.98 Å². The molecule has 1 saturated heterocycles. The lowest BCUT2D eigenvalue weighted by Crippen LogP contribution is -2.26. The van der Waals surface area contributed by atoms with Crippen LogP contribution in [0.5, 0.6) is 5.75 Å². The molecule has 0 bridgehead atoms. The summed E-state index contributed by atoms with van der Waals surface area (Å²) in [5.74, 6) is 2.60. The number of allylic oxidation sites excluding steroid dienone is 1. The van der Waals surface area contributed by atoms with Crippen molar-refractivity contribution in [3.8, 4) is 17.1 Å². The normalized spacial score (nSPS) is 17.8. The number of ether oxygens (including phenoxy) is 1. The smallest absolute Gasteiger partial charge is 0.144 e. The Morgan fingerprint density at radius 1 is 1.35 bits per heavy atom. The van der Waals surface area contributed by atoms with Gasteiger partial charge < -0.3 is 14.6 Å². The molecule has 0 unspecified atom stereocenters. The second-order valence-electron chi connectivity index (χ2n) is 6.55. The number of fused-ring (bicyclic) bond motifs is 3. The molecule has 0 aliphatic carbocycles. The minimum Gasteiger partial charge on any atom is -0.491 e. The standard InChI is InChI=1S/C19H23N3O/c1-13(2)17-12-22-9-10-23-18-11-15(14-5-7-20-8-6-14)3-4-16(18)19(22)21-17/h3-4,11-12,14,20H,1,5-10H2,2H3. The molecule has 23 heavy (non-hydrogen) atoms. The number of nitrogens with zero attached hydrogens (tertiary/aromatic N) is 2. The summed E-state index contributed by atoms with van der Waals surface area (Å²) in [5.41, 5.74) is 4.45. The van der Waals surface area contributed by atoms with Gasteiger partial charge in [0.2, 0.25) is 0 Å². The van der Waals surface area contributed by atoms with Gasteiger partial charge in [0.05, 0.1) is 17.8 Å². The van der Waals surface area contributed by atoms with E-state index in [1.807, 2.05) is 6.92 Å². The van der Waals surface area contributed by atoms with Crippen molar-refractivity contribution in [1.82, 2.24) is 14.9 Å². The number of hydrogen-bond acceptors (Lipinski definition) is 3. The Hall–Kier alpha value is -2.07. The first-order valence-electron chi connectivity index (χ1n) is 8.43.